The molecule has 1 aliphatic heterocycles. The first-order valence-corrected chi connectivity index (χ1v) is 8.88. The monoisotopic (exact) mass is 361 g/mol. The number of anilines is 1. The van der Waals surface area contributed by atoms with Crippen molar-refractivity contribution in [2.75, 3.05) is 11.9 Å². The maximum absolute atomic E-state index is 12.8. The van der Waals surface area contributed by atoms with Crippen LogP contribution in [0.25, 0.3) is 10.9 Å². The molecule has 1 unspecified atom stereocenters. The van der Waals surface area contributed by atoms with Crippen LogP contribution in [0.5, 0.6) is 5.75 Å². The predicted octanol–water partition coefficient (Wildman–Crippen LogP) is 3.18. The van der Waals surface area contributed by atoms with Crippen LogP contribution < -0.4 is 5.32 Å². The highest BCUT2D eigenvalue weighted by atomic mass is 16.3. The van der Waals surface area contributed by atoms with Crippen molar-refractivity contribution < 1.29 is 14.7 Å². The number of likely N-dealkylation sites (tertiary alicyclic amines) is 1. The van der Waals surface area contributed by atoms with Gasteiger partial charge in [-0.05, 0) is 37.1 Å². The van der Waals surface area contributed by atoms with Gasteiger partial charge in [-0.3, -0.25) is 14.6 Å². The van der Waals surface area contributed by atoms with Crippen molar-refractivity contribution in [1.82, 2.24) is 9.88 Å². The molecule has 1 atom stereocenters. The third kappa shape index (κ3) is 3.33. The van der Waals surface area contributed by atoms with Gasteiger partial charge in [-0.1, -0.05) is 30.3 Å². The summed E-state index contributed by atoms with van der Waals surface area (Å²) in [6, 6.07) is 15.4. The lowest BCUT2D eigenvalue weighted by Crippen LogP contribution is -2.43. The zero-order valence-corrected chi connectivity index (χ0v) is 14.6. The number of phenolic OH excluding ortho intramolecular Hbond substituents is 1. The van der Waals surface area contributed by atoms with Gasteiger partial charge in [-0.2, -0.15) is 0 Å². The second kappa shape index (κ2) is 7.07. The van der Waals surface area contributed by atoms with Crippen LogP contribution in [0.1, 0.15) is 23.2 Å². The molecule has 2 aromatic carbocycles. The molecule has 3 aromatic rings. The van der Waals surface area contributed by atoms with Gasteiger partial charge in [0.05, 0.1) is 23.0 Å². The number of hydrogen-bond acceptors (Lipinski definition) is 4. The fourth-order valence-corrected chi connectivity index (χ4v) is 3.46. The highest BCUT2D eigenvalue weighted by molar-refractivity contribution is 6.03. The van der Waals surface area contributed by atoms with Crippen LogP contribution in [0.3, 0.4) is 0 Å². The first-order valence-electron chi connectivity index (χ1n) is 8.88. The van der Waals surface area contributed by atoms with Crippen molar-refractivity contribution >= 4 is 28.4 Å². The molecule has 2 heterocycles. The number of carbonyl (C=O) groups is 2. The molecule has 0 aliphatic carbocycles. The van der Waals surface area contributed by atoms with Crippen LogP contribution in [0.15, 0.2) is 60.8 Å². The van der Waals surface area contributed by atoms with E-state index in [1.165, 1.54) is 11.0 Å². The van der Waals surface area contributed by atoms with E-state index in [2.05, 4.69) is 10.3 Å². The van der Waals surface area contributed by atoms with Crippen LogP contribution >= 0.6 is 0 Å². The van der Waals surface area contributed by atoms with E-state index in [-0.39, 0.29) is 23.1 Å². The summed E-state index contributed by atoms with van der Waals surface area (Å²) in [7, 11) is 0. The molecule has 2 N–H and O–H groups in total. The molecule has 0 radical (unpaired) electrons. The van der Waals surface area contributed by atoms with E-state index in [0.29, 0.717) is 18.7 Å². The highest BCUT2D eigenvalue weighted by Crippen LogP contribution is 2.25. The van der Waals surface area contributed by atoms with E-state index >= 15 is 0 Å². The highest BCUT2D eigenvalue weighted by Gasteiger charge is 2.35. The summed E-state index contributed by atoms with van der Waals surface area (Å²) in [4.78, 5) is 31.4. The van der Waals surface area contributed by atoms with Gasteiger partial charge in [0, 0.05) is 11.9 Å². The van der Waals surface area contributed by atoms with Gasteiger partial charge in [0.25, 0.3) is 5.91 Å². The average molecular weight is 361 g/mol. The van der Waals surface area contributed by atoms with Crippen molar-refractivity contribution in [3.05, 3.63) is 66.4 Å². The number of fused-ring (bicyclic) bond motifs is 1. The number of hydrogen-bond donors (Lipinski definition) is 2. The minimum atomic E-state index is -0.566. The van der Waals surface area contributed by atoms with Crippen LogP contribution in [-0.4, -0.2) is 39.4 Å². The van der Waals surface area contributed by atoms with Crippen LogP contribution in [-0.2, 0) is 4.79 Å². The van der Waals surface area contributed by atoms with Gasteiger partial charge in [0.2, 0.25) is 5.91 Å². The summed E-state index contributed by atoms with van der Waals surface area (Å²) in [6.45, 7) is 0.487. The van der Waals surface area contributed by atoms with E-state index in [1.54, 1.807) is 24.4 Å². The molecule has 0 bridgehead atoms. The molecule has 1 aromatic heterocycles. The number of benzene rings is 2. The van der Waals surface area contributed by atoms with Gasteiger partial charge in [0.15, 0.2) is 0 Å². The molecule has 136 valence electrons. The molecule has 1 aliphatic rings. The summed E-state index contributed by atoms with van der Waals surface area (Å²) in [5.41, 5.74) is 1.66. The van der Waals surface area contributed by atoms with Crippen molar-refractivity contribution in [2.24, 2.45) is 0 Å². The number of amides is 2. The number of nitrogens with one attached hydrogen (secondary N) is 1. The molecular formula is C21H19N3O3. The SMILES string of the molecule is O=C(Nc1cnc2ccccc2c1)C1CCCN1C(=O)c1ccccc1O. The van der Waals surface area contributed by atoms with E-state index in [9.17, 15) is 14.7 Å². The fourth-order valence-electron chi connectivity index (χ4n) is 3.46. The Kier molecular flexibility index (Phi) is 4.46. The molecular weight excluding hydrogens is 342 g/mol. The van der Waals surface area contributed by atoms with Gasteiger partial charge in [-0.25, -0.2) is 0 Å². The Labute approximate surface area is 156 Å². The van der Waals surface area contributed by atoms with Crippen molar-refractivity contribution in [3.8, 4) is 5.75 Å². The number of phenols is 1. The van der Waals surface area contributed by atoms with Crippen LogP contribution in [0.2, 0.25) is 0 Å². The largest absolute Gasteiger partial charge is 0.507 e. The van der Waals surface area contributed by atoms with E-state index in [0.717, 1.165) is 17.3 Å². The Balaban J connectivity index is 1.53. The van der Waals surface area contributed by atoms with Crippen LogP contribution in [0, 0.1) is 0 Å². The molecule has 1 saturated heterocycles. The normalized spacial score (nSPS) is 16.4. The first kappa shape index (κ1) is 17.0. The van der Waals surface area contributed by atoms with E-state index in [1.807, 2.05) is 30.3 Å². The summed E-state index contributed by atoms with van der Waals surface area (Å²) in [5, 5.41) is 13.7. The molecule has 6 nitrogen and oxygen atoms in total. The number of aromatic hydroxyl groups is 1. The number of carbonyl (C=O) groups excluding carboxylic acids is 2. The Hall–Kier alpha value is -3.41. The van der Waals surface area contributed by atoms with Crippen molar-refractivity contribution in [1.29, 1.82) is 0 Å². The second-order valence-electron chi connectivity index (χ2n) is 6.58. The zero-order valence-electron chi connectivity index (χ0n) is 14.6. The Bertz CT molecular complexity index is 1020. The summed E-state index contributed by atoms with van der Waals surface area (Å²) in [5.74, 6) is -0.650. The van der Waals surface area contributed by atoms with Crippen molar-refractivity contribution in [3.63, 3.8) is 0 Å². The Morgan fingerprint density at radius 2 is 1.89 bits per heavy atom. The molecule has 6 heteroatoms. The Morgan fingerprint density at radius 3 is 2.74 bits per heavy atom. The third-order valence-corrected chi connectivity index (χ3v) is 4.81. The average Bonchev–Trinajstić information content (AvgIpc) is 3.18. The topological polar surface area (TPSA) is 82.5 Å². The quantitative estimate of drug-likeness (QED) is 0.751. The predicted molar refractivity (Wildman–Crippen MR) is 103 cm³/mol. The summed E-state index contributed by atoms with van der Waals surface area (Å²) >= 11 is 0. The molecule has 4 rings (SSSR count). The minimum absolute atomic E-state index is 0.0766. The molecule has 0 saturated carbocycles. The number of nitrogens with zero attached hydrogens (tertiary/aromatic N) is 2. The standard InChI is InChI=1S/C21H19N3O3/c25-19-10-4-2-7-16(19)21(27)24-11-5-9-18(24)20(26)23-15-12-14-6-1-3-8-17(14)22-13-15/h1-4,6-8,10,12-13,18,25H,5,9,11H2,(H,23,26). The summed E-state index contributed by atoms with van der Waals surface area (Å²) in [6.07, 6.45) is 2.95. The zero-order chi connectivity index (χ0) is 18.8. The van der Waals surface area contributed by atoms with Crippen LogP contribution in [0.4, 0.5) is 5.69 Å². The number of aromatic nitrogens is 1. The van der Waals surface area contributed by atoms with Gasteiger partial charge >= 0.3 is 0 Å². The lowest BCUT2D eigenvalue weighted by Gasteiger charge is -2.24. The Morgan fingerprint density at radius 1 is 1.11 bits per heavy atom. The first-order chi connectivity index (χ1) is 13.1. The minimum Gasteiger partial charge on any atom is -0.507 e. The second-order valence-corrected chi connectivity index (χ2v) is 6.58. The number of rotatable bonds is 3. The maximum Gasteiger partial charge on any atom is 0.258 e. The fraction of sp³-hybridized carbons (Fsp3) is 0.190. The number of para-hydroxylation sites is 2. The molecule has 1 fully saturated rings. The molecule has 27 heavy (non-hydrogen) atoms. The van der Waals surface area contributed by atoms with Gasteiger partial charge < -0.3 is 15.3 Å². The van der Waals surface area contributed by atoms with E-state index in [4.69, 9.17) is 0 Å². The smallest absolute Gasteiger partial charge is 0.258 e. The van der Waals surface area contributed by atoms with E-state index < -0.39 is 6.04 Å². The van der Waals surface area contributed by atoms with Crippen molar-refractivity contribution in [2.45, 2.75) is 18.9 Å². The maximum atomic E-state index is 12.8. The molecule has 0 spiro atoms. The van der Waals surface area contributed by atoms with Gasteiger partial charge in [-0.15, -0.1) is 0 Å². The van der Waals surface area contributed by atoms with Gasteiger partial charge in [0.1, 0.15) is 11.8 Å². The third-order valence-electron chi connectivity index (χ3n) is 4.81. The number of pyridine rings is 1. The summed E-state index contributed by atoms with van der Waals surface area (Å²) < 4.78 is 0. The lowest BCUT2D eigenvalue weighted by molar-refractivity contribution is -0.119. The lowest BCUT2D eigenvalue weighted by atomic mass is 10.1. The molecule has 2 amide bonds.